The molecule has 0 bridgehead atoms. The number of methoxy groups -OCH3 is 1. The molecule has 1 aromatic carbocycles. The van der Waals surface area contributed by atoms with Gasteiger partial charge in [-0.05, 0) is 24.1 Å². The van der Waals surface area contributed by atoms with Crippen molar-refractivity contribution in [3.8, 4) is 0 Å². The van der Waals surface area contributed by atoms with E-state index in [4.69, 9.17) is 16.3 Å². The number of hydrogen-bond acceptors (Lipinski definition) is 3. The second-order valence-corrected chi connectivity index (χ2v) is 4.93. The Morgan fingerprint density at radius 2 is 2.10 bits per heavy atom. The number of nitrogens with one attached hydrogen (secondary N) is 2. The molecule has 0 radical (unpaired) electrons. The first-order valence-corrected chi connectivity index (χ1v) is 6.76. The van der Waals surface area contributed by atoms with Crippen LogP contribution in [0.4, 0.5) is 10.5 Å². The zero-order valence-corrected chi connectivity index (χ0v) is 12.5. The minimum absolute atomic E-state index is 0.0208. The van der Waals surface area contributed by atoms with Gasteiger partial charge in [0.05, 0.1) is 7.11 Å². The van der Waals surface area contributed by atoms with Gasteiger partial charge in [0.25, 0.3) is 0 Å². The number of benzene rings is 1. The van der Waals surface area contributed by atoms with Crippen molar-refractivity contribution in [2.75, 3.05) is 12.4 Å². The van der Waals surface area contributed by atoms with Gasteiger partial charge in [0.2, 0.25) is 0 Å². The average molecular weight is 299 g/mol. The fourth-order valence-electron chi connectivity index (χ4n) is 1.67. The lowest BCUT2D eigenvalue weighted by atomic mass is 9.99. The van der Waals surface area contributed by atoms with Crippen molar-refractivity contribution in [2.45, 2.75) is 26.3 Å². The third-order valence-electron chi connectivity index (χ3n) is 3.04. The molecular weight excluding hydrogens is 280 g/mol. The van der Waals surface area contributed by atoms with Crippen LogP contribution >= 0.6 is 11.6 Å². The molecule has 0 saturated carbocycles. The van der Waals surface area contributed by atoms with E-state index in [9.17, 15) is 9.59 Å². The normalized spacial score (nSPS) is 13.2. The molecule has 0 spiro atoms. The molecule has 0 aliphatic rings. The van der Waals surface area contributed by atoms with Crippen molar-refractivity contribution in [3.05, 3.63) is 29.3 Å². The molecule has 110 valence electrons. The van der Waals surface area contributed by atoms with Crippen molar-refractivity contribution < 1.29 is 14.3 Å². The number of amides is 2. The largest absolute Gasteiger partial charge is 0.467 e. The fourth-order valence-corrected chi connectivity index (χ4v) is 1.86. The van der Waals surface area contributed by atoms with Gasteiger partial charge in [-0.2, -0.15) is 0 Å². The summed E-state index contributed by atoms with van der Waals surface area (Å²) < 4.78 is 4.70. The number of carbonyl (C=O) groups is 2. The molecule has 2 atom stereocenters. The predicted octanol–water partition coefficient (Wildman–Crippen LogP) is 3.05. The molecule has 0 fully saturated rings. The first-order valence-electron chi connectivity index (χ1n) is 6.38. The molecule has 0 saturated heterocycles. The highest BCUT2D eigenvalue weighted by Crippen LogP contribution is 2.15. The summed E-state index contributed by atoms with van der Waals surface area (Å²) in [6, 6.07) is 5.62. The second kappa shape index (κ2) is 7.75. The van der Waals surface area contributed by atoms with Crippen LogP contribution in [-0.2, 0) is 9.53 Å². The van der Waals surface area contributed by atoms with Crippen LogP contribution < -0.4 is 10.6 Å². The van der Waals surface area contributed by atoms with Gasteiger partial charge in [-0.25, -0.2) is 9.59 Å². The zero-order chi connectivity index (χ0) is 15.1. The van der Waals surface area contributed by atoms with E-state index in [1.54, 1.807) is 24.3 Å². The van der Waals surface area contributed by atoms with Crippen LogP contribution in [0.5, 0.6) is 0 Å². The number of anilines is 1. The van der Waals surface area contributed by atoms with Gasteiger partial charge in [-0.3, -0.25) is 0 Å². The van der Waals surface area contributed by atoms with E-state index in [1.165, 1.54) is 7.11 Å². The molecule has 1 rings (SSSR count). The van der Waals surface area contributed by atoms with E-state index >= 15 is 0 Å². The van der Waals surface area contributed by atoms with Gasteiger partial charge in [0, 0.05) is 10.7 Å². The third kappa shape index (κ3) is 4.74. The van der Waals surface area contributed by atoms with Crippen LogP contribution in [0.25, 0.3) is 0 Å². The lowest BCUT2D eigenvalue weighted by Crippen LogP contribution is -2.47. The van der Waals surface area contributed by atoms with Gasteiger partial charge in [0.1, 0.15) is 6.04 Å². The average Bonchev–Trinajstić information content (AvgIpc) is 2.43. The molecule has 6 heteroatoms. The van der Waals surface area contributed by atoms with Gasteiger partial charge < -0.3 is 15.4 Å². The van der Waals surface area contributed by atoms with Crippen molar-refractivity contribution in [2.24, 2.45) is 5.92 Å². The Morgan fingerprint density at radius 1 is 1.40 bits per heavy atom. The van der Waals surface area contributed by atoms with Crippen LogP contribution in [0.2, 0.25) is 5.02 Å². The van der Waals surface area contributed by atoms with Crippen molar-refractivity contribution in [1.29, 1.82) is 0 Å². The molecule has 0 aromatic heterocycles. The van der Waals surface area contributed by atoms with E-state index in [2.05, 4.69) is 10.6 Å². The quantitative estimate of drug-likeness (QED) is 0.821. The van der Waals surface area contributed by atoms with Crippen LogP contribution in [-0.4, -0.2) is 25.2 Å². The van der Waals surface area contributed by atoms with Gasteiger partial charge in [-0.15, -0.1) is 0 Å². The molecule has 0 aliphatic carbocycles. The van der Waals surface area contributed by atoms with E-state index in [1.807, 2.05) is 13.8 Å². The first-order chi connectivity index (χ1) is 9.47. The van der Waals surface area contributed by atoms with Gasteiger partial charge in [0.15, 0.2) is 0 Å². The molecule has 2 N–H and O–H groups in total. The van der Waals surface area contributed by atoms with Crippen molar-refractivity contribution in [1.82, 2.24) is 5.32 Å². The van der Waals surface area contributed by atoms with Gasteiger partial charge >= 0.3 is 12.0 Å². The number of halogens is 1. The topological polar surface area (TPSA) is 67.4 Å². The summed E-state index contributed by atoms with van der Waals surface area (Å²) in [5, 5.41) is 5.77. The molecule has 5 nitrogen and oxygen atoms in total. The number of urea groups is 1. The van der Waals surface area contributed by atoms with E-state index in [0.717, 1.165) is 6.42 Å². The highest BCUT2D eigenvalue weighted by atomic mass is 35.5. The van der Waals surface area contributed by atoms with E-state index in [0.29, 0.717) is 10.7 Å². The maximum Gasteiger partial charge on any atom is 0.328 e. The van der Waals surface area contributed by atoms with E-state index < -0.39 is 18.0 Å². The highest BCUT2D eigenvalue weighted by Gasteiger charge is 2.26. The summed E-state index contributed by atoms with van der Waals surface area (Å²) in [4.78, 5) is 23.6. The summed E-state index contributed by atoms with van der Waals surface area (Å²) in [7, 11) is 1.30. The van der Waals surface area contributed by atoms with Crippen molar-refractivity contribution in [3.63, 3.8) is 0 Å². The smallest absolute Gasteiger partial charge is 0.328 e. The van der Waals surface area contributed by atoms with Gasteiger partial charge in [-0.1, -0.05) is 37.9 Å². The minimum atomic E-state index is -0.677. The first kappa shape index (κ1) is 16.3. The molecule has 0 heterocycles. The van der Waals surface area contributed by atoms with Crippen LogP contribution in [0, 0.1) is 5.92 Å². The Kier molecular flexibility index (Phi) is 6.31. The van der Waals surface area contributed by atoms with Crippen LogP contribution in [0.3, 0.4) is 0 Å². The number of hydrogen-bond donors (Lipinski definition) is 2. The monoisotopic (exact) mass is 298 g/mol. The summed E-state index contributed by atoms with van der Waals surface area (Å²) in [5.41, 5.74) is 0.558. The summed E-state index contributed by atoms with van der Waals surface area (Å²) in [6.07, 6.45) is 0.747. The second-order valence-electron chi connectivity index (χ2n) is 4.50. The van der Waals surface area contributed by atoms with Crippen LogP contribution in [0.15, 0.2) is 24.3 Å². The summed E-state index contributed by atoms with van der Waals surface area (Å²) in [5.74, 6) is -0.479. The van der Waals surface area contributed by atoms with E-state index in [-0.39, 0.29) is 5.92 Å². The molecule has 0 aliphatic heterocycles. The molecule has 2 amide bonds. The summed E-state index contributed by atoms with van der Waals surface area (Å²) >= 11 is 5.83. The molecular formula is C14H19ClN2O3. The SMILES string of the molecule is CCC(C)[C@@H](NC(=O)Nc1cccc(Cl)c1)C(=O)OC. The standard InChI is InChI=1S/C14H19ClN2O3/c1-4-9(2)12(13(18)20-3)17-14(19)16-11-7-5-6-10(15)8-11/h5-9,12H,4H2,1-3H3,(H2,16,17,19)/t9?,12-/m1/s1. The number of esters is 1. The Morgan fingerprint density at radius 3 is 2.65 bits per heavy atom. The zero-order valence-electron chi connectivity index (χ0n) is 11.8. The highest BCUT2D eigenvalue weighted by molar-refractivity contribution is 6.30. The Labute approximate surface area is 123 Å². The Hall–Kier alpha value is -1.75. The maximum atomic E-state index is 11.9. The lowest BCUT2D eigenvalue weighted by molar-refractivity contribution is -0.144. The predicted molar refractivity (Wildman–Crippen MR) is 78.9 cm³/mol. The van der Waals surface area contributed by atoms with Crippen molar-refractivity contribution >= 4 is 29.3 Å². The number of ether oxygens (including phenoxy) is 1. The lowest BCUT2D eigenvalue weighted by Gasteiger charge is -2.22. The Balaban J connectivity index is 2.69. The molecule has 1 unspecified atom stereocenters. The minimum Gasteiger partial charge on any atom is -0.467 e. The fraction of sp³-hybridized carbons (Fsp3) is 0.429. The molecule has 20 heavy (non-hydrogen) atoms. The summed E-state index contributed by atoms with van der Waals surface area (Å²) in [6.45, 7) is 3.82. The molecule has 1 aromatic rings. The maximum absolute atomic E-state index is 11.9. The van der Waals surface area contributed by atoms with Crippen LogP contribution in [0.1, 0.15) is 20.3 Å². The third-order valence-corrected chi connectivity index (χ3v) is 3.27. The Bertz CT molecular complexity index is 479. The number of rotatable bonds is 5. The number of carbonyl (C=O) groups excluding carboxylic acids is 2.